The number of ether oxygens (including phenoxy) is 1. The first-order valence-corrected chi connectivity index (χ1v) is 8.01. The van der Waals surface area contributed by atoms with Gasteiger partial charge >= 0.3 is 0 Å². The number of morpholine rings is 1. The van der Waals surface area contributed by atoms with Crippen molar-refractivity contribution in [2.75, 3.05) is 32.8 Å². The maximum absolute atomic E-state index is 12.7. The Hall–Kier alpha value is -1.14. The molecule has 2 aliphatic heterocycles. The molecule has 120 valence electrons. The summed E-state index contributed by atoms with van der Waals surface area (Å²) in [6.45, 7) is 5.06. The van der Waals surface area contributed by atoms with Crippen LogP contribution in [0.4, 0.5) is 0 Å². The lowest BCUT2D eigenvalue weighted by atomic mass is 9.99. The average molecular weight is 297 g/mol. The first-order valence-electron chi connectivity index (χ1n) is 8.01. The van der Waals surface area contributed by atoms with Crippen LogP contribution in [0, 0.1) is 0 Å². The minimum absolute atomic E-state index is 0.0205. The van der Waals surface area contributed by atoms with Crippen LogP contribution in [0.15, 0.2) is 0 Å². The van der Waals surface area contributed by atoms with E-state index in [0.717, 1.165) is 19.3 Å². The second-order valence-electron chi connectivity index (χ2n) is 6.05. The summed E-state index contributed by atoms with van der Waals surface area (Å²) in [5, 5.41) is 0. The van der Waals surface area contributed by atoms with Gasteiger partial charge in [-0.2, -0.15) is 0 Å². The molecule has 0 bridgehead atoms. The first kappa shape index (κ1) is 16.2. The van der Waals surface area contributed by atoms with Crippen LogP contribution >= 0.6 is 0 Å². The van der Waals surface area contributed by atoms with Gasteiger partial charge in [-0.05, 0) is 32.6 Å². The highest BCUT2D eigenvalue weighted by atomic mass is 16.5. The molecule has 2 heterocycles. The van der Waals surface area contributed by atoms with Gasteiger partial charge in [0, 0.05) is 32.1 Å². The highest BCUT2D eigenvalue weighted by molar-refractivity contribution is 5.88. The van der Waals surface area contributed by atoms with E-state index < -0.39 is 0 Å². The SMILES string of the molecule is CC(N)CCC(=O)N1CCCCC1C(=O)N1CCOCC1. The minimum atomic E-state index is -0.280. The second kappa shape index (κ2) is 7.75. The molecule has 0 spiro atoms. The van der Waals surface area contributed by atoms with E-state index in [1.54, 1.807) is 4.90 Å². The van der Waals surface area contributed by atoms with Crippen LogP contribution in [0.5, 0.6) is 0 Å². The van der Waals surface area contributed by atoms with Gasteiger partial charge in [-0.25, -0.2) is 0 Å². The lowest BCUT2D eigenvalue weighted by Gasteiger charge is -2.39. The molecule has 0 aromatic rings. The van der Waals surface area contributed by atoms with Gasteiger partial charge in [0.1, 0.15) is 6.04 Å². The van der Waals surface area contributed by atoms with Gasteiger partial charge in [0.2, 0.25) is 11.8 Å². The number of rotatable bonds is 4. The number of nitrogens with zero attached hydrogens (tertiary/aromatic N) is 2. The summed E-state index contributed by atoms with van der Waals surface area (Å²) in [5.41, 5.74) is 5.72. The minimum Gasteiger partial charge on any atom is -0.378 e. The van der Waals surface area contributed by atoms with E-state index in [2.05, 4.69) is 0 Å². The van der Waals surface area contributed by atoms with Gasteiger partial charge in [-0.15, -0.1) is 0 Å². The summed E-state index contributed by atoms with van der Waals surface area (Å²) in [5.74, 6) is 0.158. The number of nitrogens with two attached hydrogens (primary N) is 1. The van der Waals surface area contributed by atoms with Crippen molar-refractivity contribution in [3.63, 3.8) is 0 Å². The fraction of sp³-hybridized carbons (Fsp3) is 0.867. The smallest absolute Gasteiger partial charge is 0.245 e. The number of piperidine rings is 1. The molecule has 0 aromatic heterocycles. The van der Waals surface area contributed by atoms with Crippen molar-refractivity contribution in [2.24, 2.45) is 5.73 Å². The highest BCUT2D eigenvalue weighted by Gasteiger charge is 2.34. The Morgan fingerprint density at radius 1 is 1.24 bits per heavy atom. The highest BCUT2D eigenvalue weighted by Crippen LogP contribution is 2.21. The van der Waals surface area contributed by atoms with E-state index in [9.17, 15) is 9.59 Å². The van der Waals surface area contributed by atoms with Crippen LogP contribution in [-0.4, -0.2) is 66.5 Å². The standard InChI is InChI=1S/C15H27N3O3/c1-12(16)5-6-14(19)18-7-3-2-4-13(18)15(20)17-8-10-21-11-9-17/h12-13H,2-11,16H2,1H3. The van der Waals surface area contributed by atoms with Crippen molar-refractivity contribution in [3.05, 3.63) is 0 Å². The molecule has 2 N–H and O–H groups in total. The molecule has 0 saturated carbocycles. The van der Waals surface area contributed by atoms with Gasteiger partial charge in [-0.1, -0.05) is 0 Å². The fourth-order valence-electron chi connectivity index (χ4n) is 2.98. The molecular formula is C15H27N3O3. The Labute approximate surface area is 126 Å². The summed E-state index contributed by atoms with van der Waals surface area (Å²) in [7, 11) is 0. The molecule has 2 amide bonds. The molecule has 2 rings (SSSR count). The quantitative estimate of drug-likeness (QED) is 0.812. The number of carbonyl (C=O) groups excluding carboxylic acids is 2. The van der Waals surface area contributed by atoms with Gasteiger partial charge in [-0.3, -0.25) is 9.59 Å². The zero-order valence-electron chi connectivity index (χ0n) is 12.9. The van der Waals surface area contributed by atoms with Crippen molar-refractivity contribution in [1.82, 2.24) is 9.80 Å². The number of carbonyl (C=O) groups is 2. The van der Waals surface area contributed by atoms with Crippen LogP contribution in [0.2, 0.25) is 0 Å². The van der Waals surface area contributed by atoms with E-state index in [1.807, 2.05) is 11.8 Å². The Balaban J connectivity index is 1.97. The lowest BCUT2D eigenvalue weighted by molar-refractivity contribution is -0.150. The van der Waals surface area contributed by atoms with Crippen LogP contribution < -0.4 is 5.73 Å². The Bertz CT molecular complexity index is 367. The molecule has 2 aliphatic rings. The number of hydrogen-bond acceptors (Lipinski definition) is 4. The van der Waals surface area contributed by atoms with E-state index in [1.165, 1.54) is 0 Å². The zero-order chi connectivity index (χ0) is 15.2. The van der Waals surface area contributed by atoms with Crippen molar-refractivity contribution in [3.8, 4) is 0 Å². The predicted molar refractivity (Wildman–Crippen MR) is 79.6 cm³/mol. The molecule has 2 unspecified atom stereocenters. The van der Waals surface area contributed by atoms with Gasteiger partial charge in [0.15, 0.2) is 0 Å². The van der Waals surface area contributed by atoms with Crippen molar-refractivity contribution < 1.29 is 14.3 Å². The molecule has 21 heavy (non-hydrogen) atoms. The Morgan fingerprint density at radius 3 is 2.62 bits per heavy atom. The van der Waals surface area contributed by atoms with Crippen LogP contribution in [0.25, 0.3) is 0 Å². The Morgan fingerprint density at radius 2 is 1.95 bits per heavy atom. The van der Waals surface area contributed by atoms with Crippen molar-refractivity contribution in [2.45, 2.75) is 51.1 Å². The molecule has 2 fully saturated rings. The van der Waals surface area contributed by atoms with E-state index >= 15 is 0 Å². The number of hydrogen-bond donors (Lipinski definition) is 1. The largest absolute Gasteiger partial charge is 0.378 e. The molecule has 6 heteroatoms. The molecule has 2 atom stereocenters. The normalized spacial score (nSPS) is 24.8. The summed E-state index contributed by atoms with van der Waals surface area (Å²) < 4.78 is 5.29. The van der Waals surface area contributed by atoms with Gasteiger partial charge < -0.3 is 20.3 Å². The zero-order valence-corrected chi connectivity index (χ0v) is 12.9. The van der Waals surface area contributed by atoms with Crippen LogP contribution in [0.1, 0.15) is 39.0 Å². The average Bonchev–Trinajstić information content (AvgIpc) is 2.52. The third-order valence-corrected chi connectivity index (χ3v) is 4.24. The summed E-state index contributed by atoms with van der Waals surface area (Å²) in [4.78, 5) is 28.7. The van der Waals surface area contributed by atoms with Gasteiger partial charge in [0.25, 0.3) is 0 Å². The molecule has 0 aliphatic carbocycles. The summed E-state index contributed by atoms with van der Waals surface area (Å²) in [6, 6.07) is -0.260. The summed E-state index contributed by atoms with van der Waals surface area (Å²) in [6.07, 6.45) is 3.88. The Kier molecular flexibility index (Phi) is 5.99. The molecular weight excluding hydrogens is 270 g/mol. The summed E-state index contributed by atoms with van der Waals surface area (Å²) >= 11 is 0. The monoisotopic (exact) mass is 297 g/mol. The maximum atomic E-state index is 12.7. The third-order valence-electron chi connectivity index (χ3n) is 4.24. The molecule has 0 aromatic carbocycles. The van der Waals surface area contributed by atoms with Crippen molar-refractivity contribution in [1.29, 1.82) is 0 Å². The molecule has 2 saturated heterocycles. The second-order valence-corrected chi connectivity index (χ2v) is 6.05. The van der Waals surface area contributed by atoms with E-state index in [0.29, 0.717) is 45.7 Å². The van der Waals surface area contributed by atoms with E-state index in [-0.39, 0.29) is 23.9 Å². The number of amides is 2. The van der Waals surface area contributed by atoms with Gasteiger partial charge in [0.05, 0.1) is 13.2 Å². The van der Waals surface area contributed by atoms with Crippen LogP contribution in [-0.2, 0) is 14.3 Å². The molecule has 6 nitrogen and oxygen atoms in total. The first-order chi connectivity index (χ1) is 10.1. The fourth-order valence-corrected chi connectivity index (χ4v) is 2.98. The van der Waals surface area contributed by atoms with E-state index in [4.69, 9.17) is 10.5 Å². The number of likely N-dealkylation sites (tertiary alicyclic amines) is 1. The third kappa shape index (κ3) is 4.41. The molecule has 0 radical (unpaired) electrons. The maximum Gasteiger partial charge on any atom is 0.245 e. The predicted octanol–water partition coefficient (Wildman–Crippen LogP) is 0.354. The van der Waals surface area contributed by atoms with Crippen molar-refractivity contribution >= 4 is 11.8 Å². The lowest BCUT2D eigenvalue weighted by Crippen LogP contribution is -2.55. The van der Waals surface area contributed by atoms with Crippen LogP contribution in [0.3, 0.4) is 0 Å². The topological polar surface area (TPSA) is 75.9 Å².